The summed E-state index contributed by atoms with van der Waals surface area (Å²) in [5, 5.41) is 10.4. The van der Waals surface area contributed by atoms with E-state index >= 15 is 0 Å². The fourth-order valence-corrected chi connectivity index (χ4v) is 2.42. The fourth-order valence-electron chi connectivity index (χ4n) is 1.70. The highest BCUT2D eigenvalue weighted by Crippen LogP contribution is 2.31. The van der Waals surface area contributed by atoms with E-state index in [-0.39, 0.29) is 0 Å². The number of aliphatic hydroxyl groups is 1. The maximum absolute atomic E-state index is 10.4. The lowest BCUT2D eigenvalue weighted by atomic mass is 9.89. The van der Waals surface area contributed by atoms with Crippen LogP contribution in [0, 0.1) is 0 Å². The molecule has 0 bridgehead atoms. The van der Waals surface area contributed by atoms with Crippen LogP contribution in [0.4, 0.5) is 0 Å². The summed E-state index contributed by atoms with van der Waals surface area (Å²) >= 11 is 1.82. The van der Waals surface area contributed by atoms with Crippen LogP contribution in [-0.2, 0) is 5.60 Å². The van der Waals surface area contributed by atoms with Gasteiger partial charge < -0.3 is 5.11 Å². The van der Waals surface area contributed by atoms with Gasteiger partial charge in [0.1, 0.15) is 0 Å². The van der Waals surface area contributed by atoms with Gasteiger partial charge in [0.15, 0.2) is 0 Å². The molecule has 15 heavy (non-hydrogen) atoms. The molecule has 0 unspecified atom stereocenters. The molecular weight excluding hydrogens is 204 g/mol. The highest BCUT2D eigenvalue weighted by molar-refractivity contribution is 7.99. The van der Waals surface area contributed by atoms with Crippen molar-refractivity contribution < 1.29 is 5.11 Å². The van der Waals surface area contributed by atoms with Gasteiger partial charge in [-0.3, -0.25) is 0 Å². The Morgan fingerprint density at radius 1 is 1.20 bits per heavy atom. The molecule has 0 fully saturated rings. The van der Waals surface area contributed by atoms with E-state index in [9.17, 15) is 5.11 Å². The van der Waals surface area contributed by atoms with Crippen LogP contribution in [0.25, 0.3) is 0 Å². The summed E-state index contributed by atoms with van der Waals surface area (Å²) in [6.45, 7) is 6.20. The minimum atomic E-state index is -0.649. The Morgan fingerprint density at radius 2 is 1.87 bits per heavy atom. The normalized spacial score (nSPS) is 11.7. The van der Waals surface area contributed by atoms with Crippen molar-refractivity contribution in [2.24, 2.45) is 0 Å². The molecule has 0 spiro atoms. The van der Waals surface area contributed by atoms with Gasteiger partial charge >= 0.3 is 0 Å². The van der Waals surface area contributed by atoms with Crippen molar-refractivity contribution in [3.05, 3.63) is 29.8 Å². The van der Waals surface area contributed by atoms with Crippen molar-refractivity contribution >= 4 is 11.8 Å². The fraction of sp³-hybridized carbons (Fsp3) is 0.538. The zero-order valence-corrected chi connectivity index (χ0v) is 10.6. The van der Waals surface area contributed by atoms with Gasteiger partial charge in [-0.25, -0.2) is 0 Å². The van der Waals surface area contributed by atoms with E-state index in [1.165, 1.54) is 4.90 Å². The third-order valence-corrected chi connectivity index (χ3v) is 3.73. The summed E-state index contributed by atoms with van der Waals surface area (Å²) in [5.74, 6) is 1.07. The molecule has 1 nitrogen and oxygen atoms in total. The predicted molar refractivity (Wildman–Crippen MR) is 67.3 cm³/mol. The molecule has 0 saturated carbocycles. The van der Waals surface area contributed by atoms with Crippen LogP contribution in [0.5, 0.6) is 0 Å². The number of hydrogen-bond acceptors (Lipinski definition) is 2. The second-order valence-corrected chi connectivity index (χ2v) is 5.04. The lowest BCUT2D eigenvalue weighted by Crippen LogP contribution is -2.23. The maximum atomic E-state index is 10.4. The number of thioether (sulfide) groups is 1. The highest BCUT2D eigenvalue weighted by Gasteiger charge is 2.24. The van der Waals surface area contributed by atoms with E-state index in [1.54, 1.807) is 0 Å². The third-order valence-electron chi connectivity index (χ3n) is 2.85. The molecule has 0 aliphatic heterocycles. The average molecular weight is 224 g/mol. The zero-order valence-electron chi connectivity index (χ0n) is 9.79. The van der Waals surface area contributed by atoms with Crippen molar-refractivity contribution in [2.75, 3.05) is 5.75 Å². The van der Waals surface area contributed by atoms with Gasteiger partial charge in [-0.05, 0) is 36.3 Å². The Morgan fingerprint density at radius 3 is 2.40 bits per heavy atom. The molecule has 0 amide bonds. The number of hydrogen-bond donors (Lipinski definition) is 1. The first-order valence-electron chi connectivity index (χ1n) is 5.62. The van der Waals surface area contributed by atoms with Crippen molar-refractivity contribution in [1.29, 1.82) is 0 Å². The van der Waals surface area contributed by atoms with Gasteiger partial charge in [0.2, 0.25) is 0 Å². The van der Waals surface area contributed by atoms with Crippen molar-refractivity contribution in [3.8, 4) is 0 Å². The molecular formula is C13H20OS. The molecule has 0 aliphatic carbocycles. The molecule has 0 heterocycles. The number of benzene rings is 1. The summed E-state index contributed by atoms with van der Waals surface area (Å²) in [6.07, 6.45) is 1.54. The van der Waals surface area contributed by atoms with Crippen LogP contribution in [0.2, 0.25) is 0 Å². The van der Waals surface area contributed by atoms with E-state index in [0.717, 1.165) is 24.2 Å². The Kier molecular flexibility index (Phi) is 4.68. The second-order valence-electron chi connectivity index (χ2n) is 3.70. The van der Waals surface area contributed by atoms with E-state index in [4.69, 9.17) is 0 Å². The summed E-state index contributed by atoms with van der Waals surface area (Å²) in [6, 6.07) is 8.26. The summed E-state index contributed by atoms with van der Waals surface area (Å²) in [5.41, 5.74) is 0.399. The lowest BCUT2D eigenvalue weighted by Gasteiger charge is -2.26. The largest absolute Gasteiger partial charge is 0.385 e. The van der Waals surface area contributed by atoms with Crippen molar-refractivity contribution in [2.45, 2.75) is 44.1 Å². The molecule has 2 heteroatoms. The molecule has 0 atom stereocenters. The molecule has 1 aromatic carbocycles. The van der Waals surface area contributed by atoms with Crippen molar-refractivity contribution in [1.82, 2.24) is 0 Å². The van der Waals surface area contributed by atoms with Crippen LogP contribution in [0.15, 0.2) is 29.2 Å². The van der Waals surface area contributed by atoms with Gasteiger partial charge in [0.25, 0.3) is 0 Å². The van der Waals surface area contributed by atoms with Crippen LogP contribution >= 0.6 is 11.8 Å². The summed E-state index contributed by atoms with van der Waals surface area (Å²) in [7, 11) is 0. The predicted octanol–water partition coefficient (Wildman–Crippen LogP) is 3.81. The Hall–Kier alpha value is -0.470. The molecule has 0 aromatic heterocycles. The first kappa shape index (κ1) is 12.6. The van der Waals surface area contributed by atoms with Gasteiger partial charge in [0, 0.05) is 4.90 Å². The topological polar surface area (TPSA) is 20.2 Å². The standard InChI is InChI=1S/C13H20OS/c1-4-13(14,5-2)11-8-7-9-12(10-11)15-6-3/h7-10,14H,4-6H2,1-3H3. The van der Waals surface area contributed by atoms with Gasteiger partial charge in [0.05, 0.1) is 5.60 Å². The highest BCUT2D eigenvalue weighted by atomic mass is 32.2. The Bertz CT molecular complexity index is 305. The zero-order chi connectivity index (χ0) is 11.3. The Balaban J connectivity index is 2.98. The molecule has 1 N–H and O–H groups in total. The maximum Gasteiger partial charge on any atom is 0.0891 e. The monoisotopic (exact) mass is 224 g/mol. The molecule has 1 rings (SSSR count). The lowest BCUT2D eigenvalue weighted by molar-refractivity contribution is 0.0282. The molecule has 0 saturated heterocycles. The molecule has 0 radical (unpaired) electrons. The van der Waals surface area contributed by atoms with Crippen molar-refractivity contribution in [3.63, 3.8) is 0 Å². The van der Waals surface area contributed by atoms with Crippen LogP contribution in [0.1, 0.15) is 39.2 Å². The molecule has 84 valence electrons. The number of rotatable bonds is 5. The second kappa shape index (κ2) is 5.57. The van der Waals surface area contributed by atoms with Crippen LogP contribution < -0.4 is 0 Å². The van der Waals surface area contributed by atoms with E-state index < -0.39 is 5.60 Å². The smallest absolute Gasteiger partial charge is 0.0891 e. The third kappa shape index (κ3) is 2.99. The summed E-state index contributed by atoms with van der Waals surface area (Å²) in [4.78, 5) is 1.25. The summed E-state index contributed by atoms with van der Waals surface area (Å²) < 4.78 is 0. The molecule has 1 aromatic rings. The first-order chi connectivity index (χ1) is 7.16. The minimum Gasteiger partial charge on any atom is -0.385 e. The van der Waals surface area contributed by atoms with Crippen LogP contribution in [0.3, 0.4) is 0 Å². The van der Waals surface area contributed by atoms with E-state index in [1.807, 2.05) is 37.7 Å². The minimum absolute atomic E-state index is 0.649. The average Bonchev–Trinajstić information content (AvgIpc) is 2.29. The van der Waals surface area contributed by atoms with Gasteiger partial charge in [-0.15, -0.1) is 11.8 Å². The van der Waals surface area contributed by atoms with Gasteiger partial charge in [-0.2, -0.15) is 0 Å². The van der Waals surface area contributed by atoms with E-state index in [2.05, 4.69) is 19.1 Å². The first-order valence-corrected chi connectivity index (χ1v) is 6.60. The van der Waals surface area contributed by atoms with Crippen LogP contribution in [-0.4, -0.2) is 10.9 Å². The quantitative estimate of drug-likeness (QED) is 0.768. The molecule has 0 aliphatic rings. The van der Waals surface area contributed by atoms with E-state index in [0.29, 0.717) is 0 Å². The Labute approximate surface area is 96.9 Å². The SMILES string of the molecule is CCSc1cccc(C(O)(CC)CC)c1. The van der Waals surface area contributed by atoms with Gasteiger partial charge in [-0.1, -0.05) is 32.9 Å².